The van der Waals surface area contributed by atoms with Crippen molar-refractivity contribution in [2.24, 2.45) is 0 Å². The summed E-state index contributed by atoms with van der Waals surface area (Å²) < 4.78 is 5.33. The average molecular weight is 463 g/mol. The van der Waals surface area contributed by atoms with E-state index >= 15 is 0 Å². The summed E-state index contributed by atoms with van der Waals surface area (Å²) in [5.41, 5.74) is 2.42. The number of Topliss-reactive ketones (excluding diaryl/α,β-unsaturated/α-hetero) is 1. The Balaban J connectivity index is 1.84. The summed E-state index contributed by atoms with van der Waals surface area (Å²) >= 11 is 1.28. The van der Waals surface area contributed by atoms with Crippen LogP contribution in [-0.2, 0) is 4.79 Å². The Morgan fingerprint density at radius 3 is 2.42 bits per heavy atom. The van der Waals surface area contributed by atoms with E-state index in [1.54, 1.807) is 48.9 Å². The van der Waals surface area contributed by atoms with Gasteiger partial charge in [0.05, 0.1) is 23.6 Å². The zero-order valence-corrected chi connectivity index (χ0v) is 19.6. The van der Waals surface area contributed by atoms with Crippen LogP contribution in [0.2, 0.25) is 0 Å². The molecule has 1 amide bonds. The zero-order valence-electron chi connectivity index (χ0n) is 18.8. The van der Waals surface area contributed by atoms with Gasteiger partial charge in [-0.1, -0.05) is 24.3 Å². The molecule has 1 N–H and O–H groups in total. The molecule has 1 aromatic heterocycles. The predicted octanol–water partition coefficient (Wildman–Crippen LogP) is 5.39. The van der Waals surface area contributed by atoms with Gasteiger partial charge in [0.25, 0.3) is 5.91 Å². The number of hydrogen-bond acceptors (Lipinski definition) is 6. The van der Waals surface area contributed by atoms with Gasteiger partial charge in [-0.25, -0.2) is 0 Å². The summed E-state index contributed by atoms with van der Waals surface area (Å²) in [6.07, 6.45) is 0. The molecule has 2 heterocycles. The van der Waals surface area contributed by atoms with Crippen LogP contribution in [-0.4, -0.2) is 37.0 Å². The van der Waals surface area contributed by atoms with Gasteiger partial charge in [-0.15, -0.1) is 11.3 Å². The summed E-state index contributed by atoms with van der Waals surface area (Å²) in [7, 11) is 1.55. The first-order chi connectivity index (χ1) is 16.0. The minimum absolute atomic E-state index is 0.0841. The second kappa shape index (κ2) is 9.50. The van der Waals surface area contributed by atoms with Crippen LogP contribution in [0.15, 0.2) is 77.4 Å². The Morgan fingerprint density at radius 1 is 1.09 bits per heavy atom. The molecule has 7 heteroatoms. The van der Waals surface area contributed by atoms with E-state index in [0.717, 1.165) is 24.3 Å². The SMILES string of the molecule is CCN(CC)c1ccc(C2C(C(=O)c3cccs3)=C(O)C(=O)N2c2cccc(OC)c2)cc1. The Hall–Kier alpha value is -3.58. The standard InChI is InChI=1S/C26H26N2O4S/c1-4-27(5-2)18-13-11-17(12-14-18)23-22(24(29)21-10-7-15-33-21)25(30)26(31)28(23)19-8-6-9-20(16-19)32-3/h6-16,23,30H,4-5H2,1-3H3. The van der Waals surface area contributed by atoms with E-state index < -0.39 is 17.7 Å². The molecule has 170 valence electrons. The molecular weight excluding hydrogens is 436 g/mol. The van der Waals surface area contributed by atoms with Crippen LogP contribution >= 0.6 is 11.3 Å². The second-order valence-electron chi connectivity index (χ2n) is 7.61. The third-order valence-electron chi connectivity index (χ3n) is 5.87. The van der Waals surface area contributed by atoms with Gasteiger partial charge in [-0.05, 0) is 55.1 Å². The lowest BCUT2D eigenvalue weighted by atomic mass is 9.95. The molecule has 0 bridgehead atoms. The summed E-state index contributed by atoms with van der Waals surface area (Å²) in [5.74, 6) is -0.900. The molecule has 6 nitrogen and oxygen atoms in total. The van der Waals surface area contributed by atoms with Gasteiger partial charge >= 0.3 is 0 Å². The van der Waals surface area contributed by atoms with E-state index in [-0.39, 0.29) is 11.4 Å². The van der Waals surface area contributed by atoms with Gasteiger partial charge < -0.3 is 14.7 Å². The van der Waals surface area contributed by atoms with Crippen molar-refractivity contribution in [3.05, 3.63) is 87.8 Å². The smallest absolute Gasteiger partial charge is 0.294 e. The molecular formula is C26H26N2O4S. The molecule has 0 saturated carbocycles. The third kappa shape index (κ3) is 4.12. The van der Waals surface area contributed by atoms with Gasteiger partial charge in [0.1, 0.15) is 5.75 Å². The maximum atomic E-state index is 13.4. The average Bonchev–Trinajstić information content (AvgIpc) is 3.47. The van der Waals surface area contributed by atoms with Crippen molar-refractivity contribution in [1.29, 1.82) is 0 Å². The van der Waals surface area contributed by atoms with E-state index in [2.05, 4.69) is 18.7 Å². The Morgan fingerprint density at radius 2 is 1.82 bits per heavy atom. The van der Waals surface area contributed by atoms with Crippen molar-refractivity contribution < 1.29 is 19.4 Å². The van der Waals surface area contributed by atoms with Crippen molar-refractivity contribution in [3.8, 4) is 5.75 Å². The lowest BCUT2D eigenvalue weighted by Gasteiger charge is -2.28. The number of aliphatic hydroxyl groups is 1. The van der Waals surface area contributed by atoms with E-state index in [4.69, 9.17) is 4.74 Å². The van der Waals surface area contributed by atoms with Crippen molar-refractivity contribution >= 4 is 34.4 Å². The van der Waals surface area contributed by atoms with Gasteiger partial charge in [0, 0.05) is 30.5 Å². The summed E-state index contributed by atoms with van der Waals surface area (Å²) in [5, 5.41) is 12.7. The first-order valence-corrected chi connectivity index (χ1v) is 11.7. The molecule has 1 aliphatic rings. The quantitative estimate of drug-likeness (QED) is 0.455. The molecule has 33 heavy (non-hydrogen) atoms. The molecule has 1 unspecified atom stereocenters. The van der Waals surface area contributed by atoms with Gasteiger partial charge in [0.2, 0.25) is 5.78 Å². The predicted molar refractivity (Wildman–Crippen MR) is 132 cm³/mol. The number of anilines is 2. The highest BCUT2D eigenvalue weighted by Crippen LogP contribution is 2.43. The van der Waals surface area contributed by atoms with Crippen LogP contribution in [0, 0.1) is 0 Å². The zero-order chi connectivity index (χ0) is 23.5. The maximum Gasteiger partial charge on any atom is 0.294 e. The largest absolute Gasteiger partial charge is 0.503 e. The lowest BCUT2D eigenvalue weighted by Crippen LogP contribution is -2.31. The molecule has 4 rings (SSSR count). The molecule has 0 spiro atoms. The highest BCUT2D eigenvalue weighted by Gasteiger charge is 2.45. The molecule has 2 aromatic carbocycles. The minimum Gasteiger partial charge on any atom is -0.503 e. The van der Waals surface area contributed by atoms with Crippen LogP contribution in [0.25, 0.3) is 0 Å². The molecule has 0 radical (unpaired) electrons. The van der Waals surface area contributed by atoms with Gasteiger partial charge in [-0.3, -0.25) is 14.5 Å². The number of aliphatic hydroxyl groups excluding tert-OH is 1. The van der Waals surface area contributed by atoms with Crippen molar-refractivity contribution in [2.75, 3.05) is 30.0 Å². The number of hydrogen-bond donors (Lipinski definition) is 1. The number of rotatable bonds is 8. The third-order valence-corrected chi connectivity index (χ3v) is 6.74. The van der Waals surface area contributed by atoms with Gasteiger partial charge in [-0.2, -0.15) is 0 Å². The first kappa shape index (κ1) is 22.6. The molecule has 1 aliphatic heterocycles. The Kier molecular flexibility index (Phi) is 6.51. The number of carbonyl (C=O) groups excluding carboxylic acids is 2. The highest BCUT2D eigenvalue weighted by molar-refractivity contribution is 7.12. The number of methoxy groups -OCH3 is 1. The molecule has 0 aliphatic carbocycles. The van der Waals surface area contributed by atoms with E-state index in [0.29, 0.717) is 16.3 Å². The summed E-state index contributed by atoms with van der Waals surface area (Å²) in [4.78, 5) is 30.8. The second-order valence-corrected chi connectivity index (χ2v) is 8.56. The van der Waals surface area contributed by atoms with Crippen molar-refractivity contribution in [2.45, 2.75) is 19.9 Å². The number of thiophene rings is 1. The number of ether oxygens (including phenoxy) is 1. The topological polar surface area (TPSA) is 70.1 Å². The fraction of sp³-hybridized carbons (Fsp3) is 0.231. The molecule has 3 aromatic rings. The van der Waals surface area contributed by atoms with Crippen LogP contribution in [0.5, 0.6) is 5.75 Å². The van der Waals surface area contributed by atoms with Crippen molar-refractivity contribution in [1.82, 2.24) is 0 Å². The number of amides is 1. The lowest BCUT2D eigenvalue weighted by molar-refractivity contribution is -0.117. The van der Waals surface area contributed by atoms with E-state index in [1.807, 2.05) is 24.3 Å². The minimum atomic E-state index is -0.759. The monoisotopic (exact) mass is 462 g/mol. The van der Waals surface area contributed by atoms with Crippen LogP contribution < -0.4 is 14.5 Å². The van der Waals surface area contributed by atoms with Crippen LogP contribution in [0.3, 0.4) is 0 Å². The fourth-order valence-corrected chi connectivity index (χ4v) is 4.85. The molecule has 0 fully saturated rings. The molecule has 0 saturated heterocycles. The van der Waals surface area contributed by atoms with Crippen molar-refractivity contribution in [3.63, 3.8) is 0 Å². The maximum absolute atomic E-state index is 13.4. The highest BCUT2D eigenvalue weighted by atomic mass is 32.1. The normalized spacial score (nSPS) is 15.8. The number of ketones is 1. The van der Waals surface area contributed by atoms with Crippen LogP contribution in [0.1, 0.15) is 35.1 Å². The number of carbonyl (C=O) groups is 2. The Bertz CT molecular complexity index is 1180. The van der Waals surface area contributed by atoms with E-state index in [9.17, 15) is 14.7 Å². The number of nitrogens with zero attached hydrogens (tertiary/aromatic N) is 2. The first-order valence-electron chi connectivity index (χ1n) is 10.8. The summed E-state index contributed by atoms with van der Waals surface area (Å²) in [6, 6.07) is 17.6. The summed E-state index contributed by atoms with van der Waals surface area (Å²) in [6.45, 7) is 5.93. The van der Waals surface area contributed by atoms with Crippen LogP contribution in [0.4, 0.5) is 11.4 Å². The fourth-order valence-electron chi connectivity index (χ4n) is 4.18. The molecule has 1 atom stereocenters. The van der Waals surface area contributed by atoms with E-state index in [1.165, 1.54) is 16.2 Å². The Labute approximate surface area is 197 Å². The number of benzene rings is 2. The van der Waals surface area contributed by atoms with Gasteiger partial charge in [0.15, 0.2) is 5.76 Å².